The van der Waals surface area contributed by atoms with Crippen molar-refractivity contribution in [2.45, 2.75) is 40.0 Å². The first kappa shape index (κ1) is 14.3. The van der Waals surface area contributed by atoms with E-state index in [1.54, 1.807) is 6.26 Å². The minimum absolute atomic E-state index is 0.134. The molecule has 0 spiro atoms. The van der Waals surface area contributed by atoms with Crippen LogP contribution in [0.5, 0.6) is 0 Å². The second kappa shape index (κ2) is 5.12. The maximum atomic E-state index is 12.3. The van der Waals surface area contributed by atoms with Gasteiger partial charge in [-0.15, -0.1) is 0 Å². The number of nitrogens with one attached hydrogen (secondary N) is 1. The normalized spacial score (nSPS) is 11.4. The summed E-state index contributed by atoms with van der Waals surface area (Å²) in [4.78, 5) is 12.3. The van der Waals surface area contributed by atoms with Gasteiger partial charge in [-0.05, 0) is 30.9 Å². The second-order valence-electron chi connectivity index (χ2n) is 6.10. The number of rotatable bonds is 2. The molecule has 0 aliphatic carbocycles. The molecule has 1 N–H and O–H groups in total. The molecule has 0 fully saturated rings. The van der Waals surface area contributed by atoms with Gasteiger partial charge in [0.15, 0.2) is 5.82 Å². The van der Waals surface area contributed by atoms with Crippen LogP contribution >= 0.6 is 0 Å². The molecule has 4 nitrogen and oxygen atoms in total. The van der Waals surface area contributed by atoms with Crippen molar-refractivity contribution in [3.8, 4) is 0 Å². The molecular weight excluding hydrogens is 252 g/mol. The summed E-state index contributed by atoms with van der Waals surface area (Å²) in [7, 11) is 0. The maximum Gasteiger partial charge on any atom is 0.257 e. The van der Waals surface area contributed by atoms with Gasteiger partial charge in [0.25, 0.3) is 5.91 Å². The molecule has 106 valence electrons. The molecule has 4 heteroatoms. The highest BCUT2D eigenvalue weighted by Gasteiger charge is 2.23. The Morgan fingerprint density at radius 1 is 1.25 bits per heavy atom. The lowest BCUT2D eigenvalue weighted by molar-refractivity contribution is 0.102. The number of hydrogen-bond acceptors (Lipinski definition) is 3. The van der Waals surface area contributed by atoms with Crippen molar-refractivity contribution in [3.63, 3.8) is 0 Å². The predicted molar refractivity (Wildman–Crippen MR) is 79.1 cm³/mol. The minimum atomic E-state index is -0.165. The highest BCUT2D eigenvalue weighted by atomic mass is 16.5. The van der Waals surface area contributed by atoms with E-state index in [0.717, 1.165) is 16.7 Å². The van der Waals surface area contributed by atoms with Gasteiger partial charge in [-0.25, -0.2) is 0 Å². The number of nitrogens with zero attached hydrogens (tertiary/aromatic N) is 1. The monoisotopic (exact) mass is 272 g/mol. The second-order valence-corrected chi connectivity index (χ2v) is 6.10. The first-order valence-corrected chi connectivity index (χ1v) is 6.62. The number of carbonyl (C=O) groups excluding carboxylic acids is 1. The van der Waals surface area contributed by atoms with Crippen LogP contribution in [0.15, 0.2) is 29.0 Å². The lowest BCUT2D eigenvalue weighted by Crippen LogP contribution is -2.18. The average molecular weight is 272 g/mol. The molecule has 0 aliphatic rings. The summed E-state index contributed by atoms with van der Waals surface area (Å²) in [5.74, 6) is 0.323. The Bertz CT molecular complexity index is 636. The SMILES string of the molecule is Cc1ccc(C(=O)Nc2nocc2C(C)(C)C)c(C)c1. The molecule has 0 saturated heterocycles. The molecule has 1 aromatic carbocycles. The van der Waals surface area contributed by atoms with Gasteiger partial charge >= 0.3 is 0 Å². The van der Waals surface area contributed by atoms with E-state index in [2.05, 4.69) is 10.5 Å². The zero-order chi connectivity index (χ0) is 14.9. The average Bonchev–Trinajstić information content (AvgIpc) is 2.76. The van der Waals surface area contributed by atoms with Gasteiger partial charge in [0, 0.05) is 11.1 Å². The Kier molecular flexibility index (Phi) is 3.66. The van der Waals surface area contributed by atoms with Crippen molar-refractivity contribution >= 4 is 11.7 Å². The molecule has 20 heavy (non-hydrogen) atoms. The maximum absolute atomic E-state index is 12.3. The molecule has 0 bridgehead atoms. The fraction of sp³-hybridized carbons (Fsp3) is 0.375. The summed E-state index contributed by atoms with van der Waals surface area (Å²) < 4.78 is 4.99. The summed E-state index contributed by atoms with van der Waals surface area (Å²) in [5, 5.41) is 6.72. The van der Waals surface area contributed by atoms with Crippen molar-refractivity contribution in [2.75, 3.05) is 5.32 Å². The summed E-state index contributed by atoms with van der Waals surface area (Å²) in [5.41, 5.74) is 3.48. The summed E-state index contributed by atoms with van der Waals surface area (Å²) in [6, 6.07) is 5.74. The highest BCUT2D eigenvalue weighted by Crippen LogP contribution is 2.28. The van der Waals surface area contributed by atoms with Crippen molar-refractivity contribution in [3.05, 3.63) is 46.7 Å². The fourth-order valence-corrected chi connectivity index (χ4v) is 2.10. The van der Waals surface area contributed by atoms with Crippen LogP contribution in [0.4, 0.5) is 5.82 Å². The fourth-order valence-electron chi connectivity index (χ4n) is 2.10. The quantitative estimate of drug-likeness (QED) is 0.903. The molecule has 2 rings (SSSR count). The Morgan fingerprint density at radius 2 is 1.95 bits per heavy atom. The number of amides is 1. The smallest absolute Gasteiger partial charge is 0.257 e. The third kappa shape index (κ3) is 2.90. The van der Waals surface area contributed by atoms with Gasteiger partial charge in [0.1, 0.15) is 6.26 Å². The number of aromatic nitrogens is 1. The topological polar surface area (TPSA) is 55.1 Å². The Morgan fingerprint density at radius 3 is 2.55 bits per heavy atom. The Labute approximate surface area is 119 Å². The molecule has 0 saturated carbocycles. The van der Waals surface area contributed by atoms with Gasteiger partial charge in [-0.2, -0.15) is 0 Å². The third-order valence-electron chi connectivity index (χ3n) is 3.24. The molecular formula is C16H20N2O2. The van der Waals surface area contributed by atoms with E-state index in [4.69, 9.17) is 4.52 Å². The van der Waals surface area contributed by atoms with Gasteiger partial charge < -0.3 is 9.84 Å². The first-order chi connectivity index (χ1) is 9.29. The molecule has 0 unspecified atom stereocenters. The molecule has 0 aliphatic heterocycles. The van der Waals surface area contributed by atoms with Crippen molar-refractivity contribution < 1.29 is 9.32 Å². The molecule has 1 aromatic heterocycles. The van der Waals surface area contributed by atoms with E-state index < -0.39 is 0 Å². The van der Waals surface area contributed by atoms with Crippen LogP contribution in [0, 0.1) is 13.8 Å². The van der Waals surface area contributed by atoms with E-state index in [-0.39, 0.29) is 11.3 Å². The summed E-state index contributed by atoms with van der Waals surface area (Å²) >= 11 is 0. The standard InChI is InChI=1S/C16H20N2O2/c1-10-6-7-12(11(2)8-10)15(19)17-14-13(9-20-18-14)16(3,4)5/h6-9H,1-5H3,(H,17,18,19). The molecule has 0 atom stereocenters. The Hall–Kier alpha value is -2.10. The summed E-state index contributed by atoms with van der Waals surface area (Å²) in [6.45, 7) is 10.1. The van der Waals surface area contributed by atoms with Crippen LogP contribution in [0.1, 0.15) is 47.8 Å². The van der Waals surface area contributed by atoms with Gasteiger partial charge in [0.05, 0.1) is 0 Å². The van der Waals surface area contributed by atoms with E-state index in [1.807, 2.05) is 52.8 Å². The van der Waals surface area contributed by atoms with Crippen LogP contribution in [-0.4, -0.2) is 11.1 Å². The minimum Gasteiger partial charge on any atom is -0.362 e. The number of hydrogen-bond donors (Lipinski definition) is 1. The van der Waals surface area contributed by atoms with E-state index in [0.29, 0.717) is 11.4 Å². The van der Waals surface area contributed by atoms with Gasteiger partial charge in [-0.1, -0.05) is 43.6 Å². The summed E-state index contributed by atoms with van der Waals surface area (Å²) in [6.07, 6.45) is 1.58. The molecule has 1 heterocycles. The van der Waals surface area contributed by atoms with Gasteiger partial charge in [-0.3, -0.25) is 4.79 Å². The van der Waals surface area contributed by atoms with E-state index >= 15 is 0 Å². The van der Waals surface area contributed by atoms with Gasteiger partial charge in [0.2, 0.25) is 0 Å². The zero-order valence-corrected chi connectivity index (χ0v) is 12.6. The van der Waals surface area contributed by atoms with Crippen LogP contribution in [0.3, 0.4) is 0 Å². The largest absolute Gasteiger partial charge is 0.362 e. The lowest BCUT2D eigenvalue weighted by atomic mass is 9.89. The Balaban J connectivity index is 2.27. The molecule has 1 amide bonds. The van der Waals surface area contributed by atoms with Crippen LogP contribution in [0.2, 0.25) is 0 Å². The number of aryl methyl sites for hydroxylation is 2. The number of anilines is 1. The number of benzene rings is 1. The first-order valence-electron chi connectivity index (χ1n) is 6.62. The molecule has 0 radical (unpaired) electrons. The van der Waals surface area contributed by atoms with Crippen LogP contribution < -0.4 is 5.32 Å². The van der Waals surface area contributed by atoms with E-state index in [1.165, 1.54) is 0 Å². The van der Waals surface area contributed by atoms with E-state index in [9.17, 15) is 4.79 Å². The van der Waals surface area contributed by atoms with Crippen molar-refractivity contribution in [1.82, 2.24) is 5.16 Å². The predicted octanol–water partition coefficient (Wildman–Crippen LogP) is 3.84. The highest BCUT2D eigenvalue weighted by molar-refractivity contribution is 6.05. The van der Waals surface area contributed by atoms with Crippen LogP contribution in [0.25, 0.3) is 0 Å². The van der Waals surface area contributed by atoms with Crippen molar-refractivity contribution in [2.24, 2.45) is 0 Å². The lowest BCUT2D eigenvalue weighted by Gasteiger charge is -2.17. The third-order valence-corrected chi connectivity index (χ3v) is 3.24. The molecule has 2 aromatic rings. The van der Waals surface area contributed by atoms with Crippen molar-refractivity contribution in [1.29, 1.82) is 0 Å². The van der Waals surface area contributed by atoms with Crippen LogP contribution in [-0.2, 0) is 5.41 Å². The zero-order valence-electron chi connectivity index (χ0n) is 12.6. The number of carbonyl (C=O) groups is 1.